The summed E-state index contributed by atoms with van der Waals surface area (Å²) in [5, 5.41) is 6.28. The SMILES string of the molecule is O=C(COC(=O)Cn1cc(C(F)(F)F)ccc1=O)NC(=O)NCCc1cccs1. The van der Waals surface area contributed by atoms with Gasteiger partial charge < -0.3 is 14.6 Å². The van der Waals surface area contributed by atoms with Crippen molar-refractivity contribution in [3.8, 4) is 0 Å². The fourth-order valence-corrected chi connectivity index (χ4v) is 2.82. The van der Waals surface area contributed by atoms with Crippen LogP contribution in [0.4, 0.5) is 18.0 Å². The van der Waals surface area contributed by atoms with Crippen LogP contribution in [-0.4, -0.2) is 35.6 Å². The lowest BCUT2D eigenvalue weighted by Crippen LogP contribution is -2.42. The van der Waals surface area contributed by atoms with Crippen LogP contribution in [0.25, 0.3) is 0 Å². The van der Waals surface area contributed by atoms with Crippen molar-refractivity contribution < 1.29 is 32.3 Å². The van der Waals surface area contributed by atoms with E-state index in [1.54, 1.807) is 0 Å². The third-order valence-electron chi connectivity index (χ3n) is 3.46. The van der Waals surface area contributed by atoms with Gasteiger partial charge in [0, 0.05) is 23.7 Å². The molecule has 0 spiro atoms. The van der Waals surface area contributed by atoms with E-state index in [-0.39, 0.29) is 6.54 Å². The average molecular weight is 431 g/mol. The van der Waals surface area contributed by atoms with Crippen molar-refractivity contribution >= 4 is 29.2 Å². The number of esters is 1. The molecule has 0 atom stereocenters. The summed E-state index contributed by atoms with van der Waals surface area (Å²) in [6, 6.07) is 4.24. The molecule has 0 unspecified atom stereocenters. The van der Waals surface area contributed by atoms with Gasteiger partial charge in [-0.3, -0.25) is 19.7 Å². The van der Waals surface area contributed by atoms with Crippen LogP contribution < -0.4 is 16.2 Å². The Balaban J connectivity index is 1.75. The minimum absolute atomic E-state index is 0.290. The molecule has 0 fully saturated rings. The Labute approximate surface area is 166 Å². The van der Waals surface area contributed by atoms with Gasteiger partial charge in [-0.2, -0.15) is 13.2 Å². The summed E-state index contributed by atoms with van der Waals surface area (Å²) >= 11 is 1.52. The third-order valence-corrected chi connectivity index (χ3v) is 4.40. The Morgan fingerprint density at radius 3 is 2.59 bits per heavy atom. The van der Waals surface area contributed by atoms with Gasteiger partial charge in [0.25, 0.3) is 11.5 Å². The number of alkyl halides is 3. The zero-order valence-electron chi connectivity index (χ0n) is 14.8. The second kappa shape index (κ2) is 9.87. The third kappa shape index (κ3) is 7.41. The molecule has 0 bridgehead atoms. The number of hydrogen-bond acceptors (Lipinski definition) is 6. The number of carbonyl (C=O) groups excluding carboxylic acids is 3. The van der Waals surface area contributed by atoms with E-state index in [9.17, 15) is 32.3 Å². The number of halogens is 3. The molecule has 156 valence electrons. The molecule has 2 N–H and O–H groups in total. The van der Waals surface area contributed by atoms with Crippen molar-refractivity contribution in [3.63, 3.8) is 0 Å². The maximum Gasteiger partial charge on any atom is 0.417 e. The van der Waals surface area contributed by atoms with E-state index in [2.05, 4.69) is 10.1 Å². The number of nitrogens with zero attached hydrogens (tertiary/aromatic N) is 1. The lowest BCUT2D eigenvalue weighted by Gasteiger charge is -2.10. The summed E-state index contributed by atoms with van der Waals surface area (Å²) in [6.45, 7) is -1.36. The maximum absolute atomic E-state index is 12.7. The van der Waals surface area contributed by atoms with Gasteiger partial charge in [-0.1, -0.05) is 6.07 Å². The highest BCUT2D eigenvalue weighted by Crippen LogP contribution is 2.27. The summed E-state index contributed by atoms with van der Waals surface area (Å²) < 4.78 is 43.1. The minimum Gasteiger partial charge on any atom is -0.454 e. The molecule has 2 heterocycles. The lowest BCUT2D eigenvalue weighted by molar-refractivity contribution is -0.149. The van der Waals surface area contributed by atoms with Gasteiger partial charge in [0.2, 0.25) is 0 Å². The first kappa shape index (κ1) is 22.1. The lowest BCUT2D eigenvalue weighted by atomic mass is 10.3. The van der Waals surface area contributed by atoms with E-state index >= 15 is 0 Å². The van der Waals surface area contributed by atoms with E-state index < -0.39 is 48.4 Å². The Morgan fingerprint density at radius 2 is 1.93 bits per heavy atom. The van der Waals surface area contributed by atoms with E-state index in [0.717, 1.165) is 4.88 Å². The smallest absolute Gasteiger partial charge is 0.417 e. The monoisotopic (exact) mass is 431 g/mol. The number of imide groups is 1. The number of aromatic nitrogens is 1. The van der Waals surface area contributed by atoms with Gasteiger partial charge in [0.1, 0.15) is 6.54 Å². The molecule has 2 aromatic rings. The molecule has 29 heavy (non-hydrogen) atoms. The van der Waals surface area contributed by atoms with Gasteiger partial charge in [-0.15, -0.1) is 11.3 Å². The van der Waals surface area contributed by atoms with Gasteiger partial charge in [-0.25, -0.2) is 4.79 Å². The molecule has 2 rings (SSSR count). The zero-order chi connectivity index (χ0) is 21.4. The second-order valence-electron chi connectivity index (χ2n) is 5.68. The summed E-state index contributed by atoms with van der Waals surface area (Å²) in [7, 11) is 0. The number of hydrogen-bond donors (Lipinski definition) is 2. The first-order chi connectivity index (χ1) is 13.6. The van der Waals surface area contributed by atoms with Crippen LogP contribution in [0.15, 0.2) is 40.6 Å². The van der Waals surface area contributed by atoms with Crippen molar-refractivity contribution in [2.24, 2.45) is 0 Å². The van der Waals surface area contributed by atoms with Crippen molar-refractivity contribution in [1.82, 2.24) is 15.2 Å². The molecule has 0 saturated heterocycles. The number of pyridine rings is 1. The van der Waals surface area contributed by atoms with Crippen LogP contribution in [0.1, 0.15) is 10.4 Å². The van der Waals surface area contributed by atoms with Crippen LogP contribution >= 0.6 is 11.3 Å². The molecule has 0 aromatic carbocycles. The van der Waals surface area contributed by atoms with Gasteiger partial charge >= 0.3 is 18.2 Å². The van der Waals surface area contributed by atoms with Crippen LogP contribution in [0.3, 0.4) is 0 Å². The van der Waals surface area contributed by atoms with Crippen LogP contribution in [0.5, 0.6) is 0 Å². The van der Waals surface area contributed by atoms with Crippen LogP contribution in [0, 0.1) is 0 Å². The number of ether oxygens (including phenoxy) is 1. The molecule has 8 nitrogen and oxygen atoms in total. The predicted molar refractivity (Wildman–Crippen MR) is 96.2 cm³/mol. The standard InChI is InChI=1S/C17H16F3N3O5S/c18-17(19,20)11-3-4-14(25)23(8-11)9-15(26)28-10-13(24)22-16(27)21-6-5-12-2-1-7-29-12/h1-4,7-8H,5-6,9-10H2,(H2,21,22,24,27). The van der Waals surface area contributed by atoms with Crippen molar-refractivity contribution in [1.29, 1.82) is 0 Å². The second-order valence-corrected chi connectivity index (χ2v) is 6.71. The molecule has 3 amide bonds. The normalized spacial score (nSPS) is 11.0. The first-order valence-electron chi connectivity index (χ1n) is 8.18. The number of urea groups is 1. The number of nitrogens with one attached hydrogen (secondary N) is 2. The molecule has 2 aromatic heterocycles. The quantitative estimate of drug-likeness (QED) is 0.647. The Hall–Kier alpha value is -3.15. The van der Waals surface area contributed by atoms with E-state index in [1.807, 2.05) is 22.8 Å². The highest BCUT2D eigenvalue weighted by molar-refractivity contribution is 7.09. The fraction of sp³-hybridized carbons (Fsp3) is 0.294. The summed E-state index contributed by atoms with van der Waals surface area (Å²) in [5.74, 6) is -2.04. The van der Waals surface area contributed by atoms with Crippen LogP contribution in [0.2, 0.25) is 0 Å². The zero-order valence-corrected chi connectivity index (χ0v) is 15.6. The van der Waals surface area contributed by atoms with E-state index in [1.165, 1.54) is 11.3 Å². The van der Waals surface area contributed by atoms with Gasteiger partial charge in [0.15, 0.2) is 6.61 Å². The molecular formula is C17H16F3N3O5S. The average Bonchev–Trinajstić information content (AvgIpc) is 3.14. The summed E-state index contributed by atoms with van der Waals surface area (Å²) in [6.07, 6.45) is -3.62. The van der Waals surface area contributed by atoms with Crippen LogP contribution in [-0.2, 0) is 33.5 Å². The van der Waals surface area contributed by atoms with Crippen molar-refractivity contribution in [3.05, 3.63) is 56.6 Å². The summed E-state index contributed by atoms with van der Waals surface area (Å²) in [4.78, 5) is 47.4. The molecule has 0 saturated carbocycles. The molecule has 0 aliphatic heterocycles. The molecular weight excluding hydrogens is 415 g/mol. The molecule has 0 aliphatic carbocycles. The van der Waals surface area contributed by atoms with E-state index in [0.29, 0.717) is 29.3 Å². The number of carbonyl (C=O) groups is 3. The molecule has 0 radical (unpaired) electrons. The fourth-order valence-electron chi connectivity index (χ4n) is 2.11. The Kier molecular flexibility index (Phi) is 7.53. The largest absolute Gasteiger partial charge is 0.454 e. The summed E-state index contributed by atoms with van der Waals surface area (Å²) in [5.41, 5.74) is -1.95. The predicted octanol–water partition coefficient (Wildman–Crippen LogP) is 1.54. The van der Waals surface area contributed by atoms with Crippen molar-refractivity contribution in [2.75, 3.05) is 13.2 Å². The van der Waals surface area contributed by atoms with E-state index in [4.69, 9.17) is 0 Å². The number of amides is 3. The number of rotatable bonds is 7. The maximum atomic E-state index is 12.7. The topological polar surface area (TPSA) is 106 Å². The van der Waals surface area contributed by atoms with Gasteiger partial charge in [-0.05, 0) is 23.9 Å². The van der Waals surface area contributed by atoms with Crippen molar-refractivity contribution in [2.45, 2.75) is 19.1 Å². The Bertz CT molecular complexity index is 925. The molecule has 12 heteroatoms. The first-order valence-corrected chi connectivity index (χ1v) is 9.06. The van der Waals surface area contributed by atoms with Gasteiger partial charge in [0.05, 0.1) is 5.56 Å². The molecule has 0 aliphatic rings. The minimum atomic E-state index is -4.68. The highest BCUT2D eigenvalue weighted by atomic mass is 32.1. The Morgan fingerprint density at radius 1 is 1.17 bits per heavy atom. The highest BCUT2D eigenvalue weighted by Gasteiger charge is 2.31. The number of thiophene rings is 1.